The maximum absolute atomic E-state index is 12.2. The minimum atomic E-state index is -0.727. The second kappa shape index (κ2) is 12.3. The Morgan fingerprint density at radius 3 is 2.63 bits per heavy atom. The smallest absolute Gasteiger partial charge is 0.305 e. The topological polar surface area (TPSA) is 83.8 Å². The van der Waals surface area contributed by atoms with Gasteiger partial charge in [-0.3, -0.25) is 9.59 Å². The quantitative estimate of drug-likeness (QED) is 0.286. The number of aliphatic hydroxyl groups excluding tert-OH is 1. The third-order valence-electron chi connectivity index (χ3n) is 5.59. The lowest BCUT2D eigenvalue weighted by atomic mass is 9.87. The van der Waals surface area contributed by atoms with Crippen molar-refractivity contribution < 1.29 is 24.5 Å². The zero-order valence-corrected chi connectivity index (χ0v) is 17.3. The van der Waals surface area contributed by atoms with Crippen molar-refractivity contribution in [3.63, 3.8) is 0 Å². The lowest BCUT2D eigenvalue weighted by molar-refractivity contribution is -0.140. The molecule has 0 saturated heterocycles. The Morgan fingerprint density at radius 2 is 1.96 bits per heavy atom. The van der Waals surface area contributed by atoms with Crippen LogP contribution in [0, 0.1) is 11.8 Å². The largest absolute Gasteiger partial charge is 0.469 e. The summed E-state index contributed by atoms with van der Waals surface area (Å²) in [5.74, 6) is -0.305. The predicted octanol–water partition coefficient (Wildman–Crippen LogP) is 3.95. The summed E-state index contributed by atoms with van der Waals surface area (Å²) in [6.07, 6.45) is 11.7. The van der Waals surface area contributed by atoms with Crippen LogP contribution in [-0.4, -0.2) is 40.8 Å². The van der Waals surface area contributed by atoms with E-state index in [9.17, 15) is 19.8 Å². The van der Waals surface area contributed by atoms with Gasteiger partial charge in [0.25, 0.3) is 0 Å². The van der Waals surface area contributed by atoms with E-state index < -0.39 is 11.7 Å². The van der Waals surface area contributed by atoms with E-state index in [0.717, 1.165) is 51.4 Å². The fraction of sp³-hybridized carbons (Fsp3) is 0.818. The molecule has 0 radical (unpaired) electrons. The molecule has 0 aromatic carbocycles. The number of carbonyl (C=O) groups excluding carboxylic acids is 2. The molecule has 5 heteroatoms. The molecule has 0 aromatic heterocycles. The summed E-state index contributed by atoms with van der Waals surface area (Å²) in [6, 6.07) is 0. The number of carbonyl (C=O) groups is 2. The summed E-state index contributed by atoms with van der Waals surface area (Å²) >= 11 is 0. The van der Waals surface area contributed by atoms with Gasteiger partial charge in [0.05, 0.1) is 18.8 Å². The van der Waals surface area contributed by atoms with Crippen LogP contribution in [0.25, 0.3) is 0 Å². The Bertz CT molecular complexity index is 483. The lowest BCUT2D eigenvalue weighted by Crippen LogP contribution is -2.23. The first-order valence-corrected chi connectivity index (χ1v) is 10.5. The molecule has 0 unspecified atom stereocenters. The maximum Gasteiger partial charge on any atom is 0.305 e. The fourth-order valence-electron chi connectivity index (χ4n) is 3.82. The first-order valence-electron chi connectivity index (χ1n) is 10.5. The highest BCUT2D eigenvalue weighted by Gasteiger charge is 2.39. The zero-order chi connectivity index (χ0) is 20.3. The average molecular weight is 383 g/mol. The summed E-state index contributed by atoms with van der Waals surface area (Å²) in [6.45, 7) is 3.95. The third kappa shape index (κ3) is 9.02. The summed E-state index contributed by atoms with van der Waals surface area (Å²) in [5, 5.41) is 20.6. The zero-order valence-electron chi connectivity index (χ0n) is 17.3. The van der Waals surface area contributed by atoms with Crippen molar-refractivity contribution in [2.75, 3.05) is 7.11 Å². The van der Waals surface area contributed by atoms with E-state index in [0.29, 0.717) is 12.8 Å². The van der Waals surface area contributed by atoms with Crippen molar-refractivity contribution in [2.45, 2.75) is 96.2 Å². The van der Waals surface area contributed by atoms with Gasteiger partial charge in [-0.15, -0.1) is 0 Å². The third-order valence-corrected chi connectivity index (χ3v) is 5.59. The summed E-state index contributed by atoms with van der Waals surface area (Å²) < 4.78 is 4.62. The lowest BCUT2D eigenvalue weighted by Gasteiger charge is -2.22. The molecule has 2 N–H and O–H groups in total. The number of ketones is 1. The average Bonchev–Trinajstić information content (AvgIpc) is 2.89. The van der Waals surface area contributed by atoms with Crippen molar-refractivity contribution in [3.05, 3.63) is 12.2 Å². The molecular weight excluding hydrogens is 344 g/mol. The highest BCUT2D eigenvalue weighted by atomic mass is 16.5. The minimum absolute atomic E-state index is 0.127. The highest BCUT2D eigenvalue weighted by Crippen LogP contribution is 2.34. The molecule has 4 atom stereocenters. The number of rotatable bonds is 13. The van der Waals surface area contributed by atoms with E-state index in [4.69, 9.17) is 0 Å². The Balaban J connectivity index is 2.42. The number of hydrogen-bond donors (Lipinski definition) is 2. The van der Waals surface area contributed by atoms with Gasteiger partial charge in [0.1, 0.15) is 5.78 Å². The van der Waals surface area contributed by atoms with E-state index in [1.54, 1.807) is 0 Å². The molecule has 1 saturated carbocycles. The normalized spacial score (nSPS) is 25.1. The molecule has 5 nitrogen and oxygen atoms in total. The second-order valence-electron chi connectivity index (χ2n) is 8.18. The van der Waals surface area contributed by atoms with E-state index in [1.807, 2.05) is 19.1 Å². The number of methoxy groups -OCH3 is 1. The summed E-state index contributed by atoms with van der Waals surface area (Å²) in [5.41, 5.74) is -0.727. The fourth-order valence-corrected chi connectivity index (χ4v) is 3.82. The standard InChI is InChI=1S/C22H38O5/c1-4-5-14-22(2,26)15-10-12-18-17(19(23)16-20(18)24)11-8-6-7-9-13-21(25)27-3/h10,12,17-18,20,24,26H,4-9,11,13-16H2,1-3H3/b12-10+/t17-,18+,20+,22+/m1/s1. The van der Waals surface area contributed by atoms with Gasteiger partial charge in [-0.2, -0.15) is 0 Å². The number of hydrogen-bond acceptors (Lipinski definition) is 5. The van der Waals surface area contributed by atoms with Crippen LogP contribution in [0.4, 0.5) is 0 Å². The van der Waals surface area contributed by atoms with E-state index in [2.05, 4.69) is 11.7 Å². The van der Waals surface area contributed by atoms with Crippen molar-refractivity contribution in [1.29, 1.82) is 0 Å². The monoisotopic (exact) mass is 382 g/mol. The first kappa shape index (κ1) is 23.8. The molecule has 156 valence electrons. The van der Waals surface area contributed by atoms with Crippen LogP contribution in [-0.2, 0) is 14.3 Å². The van der Waals surface area contributed by atoms with E-state index in [-0.39, 0.29) is 30.0 Å². The van der Waals surface area contributed by atoms with Gasteiger partial charge in [-0.25, -0.2) is 0 Å². The molecule has 0 heterocycles. The van der Waals surface area contributed by atoms with Crippen LogP contribution in [0.1, 0.15) is 84.5 Å². The molecule has 0 aromatic rings. The number of ether oxygens (including phenoxy) is 1. The van der Waals surface area contributed by atoms with Crippen LogP contribution < -0.4 is 0 Å². The van der Waals surface area contributed by atoms with Gasteiger partial charge in [-0.05, 0) is 32.6 Å². The molecular formula is C22H38O5. The van der Waals surface area contributed by atoms with Gasteiger partial charge < -0.3 is 14.9 Å². The molecule has 0 aliphatic heterocycles. The molecule has 1 fully saturated rings. The second-order valence-corrected chi connectivity index (χ2v) is 8.18. The van der Waals surface area contributed by atoms with Crippen LogP contribution in [0.2, 0.25) is 0 Å². The molecule has 0 spiro atoms. The molecule has 27 heavy (non-hydrogen) atoms. The van der Waals surface area contributed by atoms with Gasteiger partial charge in [-0.1, -0.05) is 51.2 Å². The van der Waals surface area contributed by atoms with Crippen LogP contribution in [0.5, 0.6) is 0 Å². The summed E-state index contributed by atoms with van der Waals surface area (Å²) in [7, 11) is 1.40. The summed E-state index contributed by atoms with van der Waals surface area (Å²) in [4.78, 5) is 23.3. The van der Waals surface area contributed by atoms with Crippen molar-refractivity contribution in [1.82, 2.24) is 0 Å². The predicted molar refractivity (Wildman–Crippen MR) is 106 cm³/mol. The number of Topliss-reactive ketones (excluding diaryl/α,β-unsaturated/α-hetero) is 1. The first-order chi connectivity index (χ1) is 12.8. The van der Waals surface area contributed by atoms with E-state index >= 15 is 0 Å². The van der Waals surface area contributed by atoms with Gasteiger partial charge in [0, 0.05) is 24.7 Å². The SMILES string of the molecule is CCCC[C@](C)(O)C/C=C/[C@@H]1[C@@H](O)CC(=O)[C@@H]1CCCCCCC(=O)OC. The highest BCUT2D eigenvalue weighted by molar-refractivity contribution is 5.84. The van der Waals surface area contributed by atoms with E-state index in [1.165, 1.54) is 7.11 Å². The van der Waals surface area contributed by atoms with Crippen molar-refractivity contribution >= 4 is 11.8 Å². The molecule has 1 rings (SSSR count). The van der Waals surface area contributed by atoms with Crippen LogP contribution in [0.15, 0.2) is 12.2 Å². The molecule has 1 aliphatic rings. The molecule has 0 bridgehead atoms. The Hall–Kier alpha value is -1.20. The van der Waals surface area contributed by atoms with Crippen molar-refractivity contribution in [3.8, 4) is 0 Å². The number of aliphatic hydroxyl groups is 2. The molecule has 1 aliphatic carbocycles. The maximum atomic E-state index is 12.2. The van der Waals surface area contributed by atoms with Gasteiger partial charge >= 0.3 is 5.97 Å². The van der Waals surface area contributed by atoms with Crippen molar-refractivity contribution in [2.24, 2.45) is 11.8 Å². The Kier molecular flexibility index (Phi) is 10.9. The van der Waals surface area contributed by atoms with Gasteiger partial charge in [0.2, 0.25) is 0 Å². The molecule has 0 amide bonds. The number of unbranched alkanes of at least 4 members (excludes halogenated alkanes) is 4. The minimum Gasteiger partial charge on any atom is -0.469 e. The Morgan fingerprint density at radius 1 is 1.26 bits per heavy atom. The Labute approximate surface area is 164 Å². The van der Waals surface area contributed by atoms with Gasteiger partial charge in [0.15, 0.2) is 0 Å². The number of esters is 1. The van der Waals surface area contributed by atoms with Crippen LogP contribution >= 0.6 is 0 Å². The van der Waals surface area contributed by atoms with Crippen LogP contribution in [0.3, 0.4) is 0 Å².